The number of nitrogens with one attached hydrogen (secondary N) is 1. The molecule has 2 aromatic rings. The Hall–Kier alpha value is -2.26. The Morgan fingerprint density at radius 3 is 2.86 bits per heavy atom. The zero-order valence-electron chi connectivity index (χ0n) is 17.6. The number of piperidine rings is 1. The molecule has 1 fully saturated rings. The van der Waals surface area contributed by atoms with Crippen LogP contribution < -0.4 is 10.2 Å². The third kappa shape index (κ3) is 5.63. The highest BCUT2D eigenvalue weighted by molar-refractivity contribution is 7.17. The van der Waals surface area contributed by atoms with Gasteiger partial charge < -0.3 is 19.9 Å². The van der Waals surface area contributed by atoms with Gasteiger partial charge in [-0.15, -0.1) is 0 Å². The average molecular weight is 419 g/mol. The smallest absolute Gasteiger partial charge is 0.350 e. The molecule has 8 nitrogen and oxygen atoms in total. The lowest BCUT2D eigenvalue weighted by molar-refractivity contribution is 0.0532. The first-order chi connectivity index (χ1) is 14.0. The van der Waals surface area contributed by atoms with Crippen LogP contribution in [-0.2, 0) is 4.74 Å². The molecule has 0 spiro atoms. The third-order valence-corrected chi connectivity index (χ3v) is 5.86. The van der Waals surface area contributed by atoms with Crippen molar-refractivity contribution in [3.63, 3.8) is 0 Å². The van der Waals surface area contributed by atoms with Crippen molar-refractivity contribution in [3.05, 3.63) is 17.3 Å². The fraction of sp³-hybridized carbons (Fsp3) is 0.600. The molecule has 1 saturated heterocycles. The fourth-order valence-electron chi connectivity index (χ4n) is 3.27. The molecule has 3 rings (SSSR count). The van der Waals surface area contributed by atoms with Gasteiger partial charge in [-0.3, -0.25) is 0 Å². The van der Waals surface area contributed by atoms with Crippen LogP contribution in [-0.4, -0.2) is 72.7 Å². The summed E-state index contributed by atoms with van der Waals surface area (Å²) >= 11 is 1.38. The van der Waals surface area contributed by atoms with Gasteiger partial charge in [0.15, 0.2) is 5.13 Å². The second-order valence-corrected chi connectivity index (χ2v) is 8.58. The zero-order valence-corrected chi connectivity index (χ0v) is 18.5. The molecule has 1 N–H and O–H groups in total. The predicted octanol–water partition coefficient (Wildman–Crippen LogP) is 2.99. The Balaban J connectivity index is 1.83. The number of carbonyl (C=O) groups is 1. The number of rotatable bonds is 8. The number of hydrogen-bond donors (Lipinski definition) is 1. The van der Waals surface area contributed by atoms with E-state index >= 15 is 0 Å². The van der Waals surface area contributed by atoms with Gasteiger partial charge >= 0.3 is 5.97 Å². The highest BCUT2D eigenvalue weighted by atomic mass is 32.1. The molecule has 1 aliphatic heterocycles. The summed E-state index contributed by atoms with van der Waals surface area (Å²) in [5.41, 5.74) is 1.13. The van der Waals surface area contributed by atoms with Gasteiger partial charge in [0.05, 0.1) is 19.0 Å². The molecular formula is C20H30N6O2S. The molecule has 0 bridgehead atoms. The van der Waals surface area contributed by atoms with E-state index in [1.807, 2.05) is 14.1 Å². The molecule has 2 aromatic heterocycles. The van der Waals surface area contributed by atoms with Crippen molar-refractivity contribution in [3.8, 4) is 11.4 Å². The summed E-state index contributed by atoms with van der Waals surface area (Å²) in [6, 6.07) is 0. The van der Waals surface area contributed by atoms with E-state index in [1.54, 1.807) is 19.3 Å². The Morgan fingerprint density at radius 2 is 2.21 bits per heavy atom. The topological polar surface area (TPSA) is 83.5 Å². The number of thiazole rings is 1. The van der Waals surface area contributed by atoms with Crippen LogP contribution in [0.25, 0.3) is 11.4 Å². The average Bonchev–Trinajstić information content (AvgIpc) is 3.14. The molecule has 0 aromatic carbocycles. The van der Waals surface area contributed by atoms with Crippen molar-refractivity contribution in [2.75, 3.05) is 57.1 Å². The number of anilines is 2. The summed E-state index contributed by atoms with van der Waals surface area (Å²) in [6.45, 7) is 7.98. The number of hydrogen-bond acceptors (Lipinski definition) is 9. The number of aromatic nitrogens is 3. The largest absolute Gasteiger partial charge is 0.462 e. The Kier molecular flexibility index (Phi) is 7.38. The fourth-order valence-corrected chi connectivity index (χ4v) is 4.27. The standard InChI is InChI=1S/C20H30N6O2S/c1-5-28-19(27)18-17(24-20(29-18)26-9-6-7-14(2)13-26)15-11-23-16(12-22-15)21-8-10-25(3)4/h11-12,14H,5-10,13H2,1-4H3,(H,21,23)/t14-/m1/s1. The Morgan fingerprint density at radius 1 is 1.38 bits per heavy atom. The van der Waals surface area contributed by atoms with Crippen LogP contribution in [0.5, 0.6) is 0 Å². The van der Waals surface area contributed by atoms with E-state index in [-0.39, 0.29) is 5.97 Å². The van der Waals surface area contributed by atoms with Crippen molar-refractivity contribution >= 4 is 28.3 Å². The predicted molar refractivity (Wildman–Crippen MR) is 117 cm³/mol. The SMILES string of the molecule is CCOC(=O)c1sc(N2CCC[C@@H](C)C2)nc1-c1cnc(NCCN(C)C)cn1. The van der Waals surface area contributed by atoms with E-state index in [4.69, 9.17) is 9.72 Å². The summed E-state index contributed by atoms with van der Waals surface area (Å²) in [5.74, 6) is 0.967. The van der Waals surface area contributed by atoms with Crippen molar-refractivity contribution in [1.29, 1.82) is 0 Å². The molecule has 0 aliphatic carbocycles. The van der Waals surface area contributed by atoms with E-state index in [1.165, 1.54) is 17.8 Å². The van der Waals surface area contributed by atoms with Crippen LogP contribution in [0.1, 0.15) is 36.4 Å². The quantitative estimate of drug-likeness (QED) is 0.655. The van der Waals surface area contributed by atoms with Gasteiger partial charge in [0.1, 0.15) is 22.1 Å². The molecule has 0 unspecified atom stereocenters. The normalized spacial score (nSPS) is 16.9. The van der Waals surface area contributed by atoms with E-state index in [0.717, 1.165) is 37.7 Å². The van der Waals surface area contributed by atoms with Crippen LogP contribution in [0, 0.1) is 5.92 Å². The van der Waals surface area contributed by atoms with Crippen LogP contribution in [0.2, 0.25) is 0 Å². The number of ether oxygens (including phenoxy) is 1. The van der Waals surface area contributed by atoms with Crippen molar-refractivity contribution in [1.82, 2.24) is 19.9 Å². The van der Waals surface area contributed by atoms with Gasteiger partial charge in [-0.25, -0.2) is 19.7 Å². The minimum absolute atomic E-state index is 0.326. The first-order valence-corrected chi connectivity index (χ1v) is 10.9. The van der Waals surface area contributed by atoms with Crippen molar-refractivity contribution < 1.29 is 9.53 Å². The summed E-state index contributed by atoms with van der Waals surface area (Å²) in [6.07, 6.45) is 5.71. The molecule has 1 atom stereocenters. The number of likely N-dealkylation sites (N-methyl/N-ethyl adjacent to an activating group) is 1. The van der Waals surface area contributed by atoms with Gasteiger partial charge in [0.25, 0.3) is 0 Å². The molecule has 158 valence electrons. The van der Waals surface area contributed by atoms with E-state index in [9.17, 15) is 4.79 Å². The number of esters is 1. The molecule has 3 heterocycles. The Labute approximate surface area is 176 Å². The molecule has 0 amide bonds. The highest BCUT2D eigenvalue weighted by Gasteiger charge is 2.26. The molecular weight excluding hydrogens is 388 g/mol. The van der Waals surface area contributed by atoms with Crippen LogP contribution in [0.15, 0.2) is 12.4 Å². The Bertz CT molecular complexity index is 808. The molecule has 9 heteroatoms. The number of carbonyl (C=O) groups excluding carboxylic acids is 1. The molecule has 0 radical (unpaired) electrons. The zero-order chi connectivity index (χ0) is 20.8. The summed E-state index contributed by atoms with van der Waals surface area (Å²) < 4.78 is 5.26. The van der Waals surface area contributed by atoms with Gasteiger partial charge in [-0.05, 0) is 39.8 Å². The molecule has 0 saturated carbocycles. The van der Waals surface area contributed by atoms with E-state index in [0.29, 0.717) is 34.6 Å². The van der Waals surface area contributed by atoms with Crippen molar-refractivity contribution in [2.45, 2.75) is 26.7 Å². The second-order valence-electron chi connectivity index (χ2n) is 7.60. The molecule has 1 aliphatic rings. The summed E-state index contributed by atoms with van der Waals surface area (Å²) in [4.78, 5) is 31.1. The van der Waals surface area contributed by atoms with Crippen LogP contribution >= 0.6 is 11.3 Å². The van der Waals surface area contributed by atoms with Gasteiger partial charge in [0, 0.05) is 26.2 Å². The van der Waals surface area contributed by atoms with E-state index in [2.05, 4.69) is 32.0 Å². The highest BCUT2D eigenvalue weighted by Crippen LogP contribution is 2.34. The lowest BCUT2D eigenvalue weighted by Gasteiger charge is -2.30. The third-order valence-electron chi connectivity index (χ3n) is 4.76. The van der Waals surface area contributed by atoms with Gasteiger partial charge in [0.2, 0.25) is 0 Å². The first-order valence-electron chi connectivity index (χ1n) is 10.1. The van der Waals surface area contributed by atoms with Gasteiger partial charge in [-0.2, -0.15) is 0 Å². The lowest BCUT2D eigenvalue weighted by Crippen LogP contribution is -2.34. The maximum absolute atomic E-state index is 12.5. The molecule has 29 heavy (non-hydrogen) atoms. The van der Waals surface area contributed by atoms with Crippen LogP contribution in [0.4, 0.5) is 10.9 Å². The minimum Gasteiger partial charge on any atom is -0.462 e. The maximum atomic E-state index is 12.5. The second kappa shape index (κ2) is 9.98. The monoisotopic (exact) mass is 418 g/mol. The first kappa shape index (κ1) is 21.4. The van der Waals surface area contributed by atoms with Crippen LogP contribution in [0.3, 0.4) is 0 Å². The van der Waals surface area contributed by atoms with Gasteiger partial charge in [-0.1, -0.05) is 18.3 Å². The lowest BCUT2D eigenvalue weighted by atomic mass is 10.0. The maximum Gasteiger partial charge on any atom is 0.350 e. The van der Waals surface area contributed by atoms with Crippen molar-refractivity contribution in [2.24, 2.45) is 5.92 Å². The summed E-state index contributed by atoms with van der Waals surface area (Å²) in [5, 5.41) is 4.09. The minimum atomic E-state index is -0.355. The summed E-state index contributed by atoms with van der Waals surface area (Å²) in [7, 11) is 4.05. The van der Waals surface area contributed by atoms with E-state index < -0.39 is 0 Å². The number of nitrogens with zero attached hydrogens (tertiary/aromatic N) is 5.